The first-order valence-corrected chi connectivity index (χ1v) is 6.79. The number of piperidine rings is 1. The number of carbonyl (C=O) groups excluding carboxylic acids is 1. The molecular weight excluding hydrogens is 244 g/mol. The Morgan fingerprint density at radius 1 is 1.53 bits per heavy atom. The van der Waals surface area contributed by atoms with Crippen LogP contribution in [-0.4, -0.2) is 40.6 Å². The average Bonchev–Trinajstić information content (AvgIpc) is 2.43. The standard InChI is InChI=1S/C14H22N2O3/c1-4-10-7-8-16(12(9-10)13(17)18)14(19)15-11(5-2)6-3/h2,10-12H,4,6-9H2,1,3H3,(H,15,19)(H,17,18). The molecule has 0 aliphatic carbocycles. The van der Waals surface area contributed by atoms with Gasteiger partial charge in [-0.2, -0.15) is 0 Å². The number of carboxylic acids is 1. The topological polar surface area (TPSA) is 69.6 Å². The lowest BCUT2D eigenvalue weighted by Gasteiger charge is -2.37. The number of urea groups is 1. The largest absolute Gasteiger partial charge is 0.480 e. The zero-order chi connectivity index (χ0) is 14.4. The zero-order valence-electron chi connectivity index (χ0n) is 11.6. The molecule has 3 unspecified atom stereocenters. The van der Waals surface area contributed by atoms with Gasteiger partial charge in [-0.3, -0.25) is 0 Å². The minimum absolute atomic E-state index is 0.342. The van der Waals surface area contributed by atoms with Crippen LogP contribution in [0.1, 0.15) is 39.5 Å². The average molecular weight is 266 g/mol. The molecule has 1 heterocycles. The highest BCUT2D eigenvalue weighted by Gasteiger charge is 2.35. The van der Waals surface area contributed by atoms with Crippen molar-refractivity contribution in [2.24, 2.45) is 5.92 Å². The van der Waals surface area contributed by atoms with E-state index in [-0.39, 0.29) is 12.1 Å². The van der Waals surface area contributed by atoms with Crippen molar-refractivity contribution in [2.45, 2.75) is 51.6 Å². The van der Waals surface area contributed by atoms with E-state index in [4.69, 9.17) is 6.42 Å². The van der Waals surface area contributed by atoms with Gasteiger partial charge < -0.3 is 15.3 Å². The molecule has 0 radical (unpaired) electrons. The highest BCUT2D eigenvalue weighted by molar-refractivity contribution is 5.83. The maximum Gasteiger partial charge on any atom is 0.326 e. The van der Waals surface area contributed by atoms with E-state index < -0.39 is 12.0 Å². The summed E-state index contributed by atoms with van der Waals surface area (Å²) in [6.07, 6.45) is 8.24. The molecule has 1 aliphatic heterocycles. The van der Waals surface area contributed by atoms with Crippen molar-refractivity contribution in [3.8, 4) is 12.3 Å². The number of hydrogen-bond acceptors (Lipinski definition) is 2. The van der Waals surface area contributed by atoms with E-state index in [2.05, 4.69) is 11.2 Å². The summed E-state index contributed by atoms with van der Waals surface area (Å²) in [5.74, 6) is 1.91. The van der Waals surface area contributed by atoms with E-state index >= 15 is 0 Å². The number of aliphatic carboxylic acids is 1. The van der Waals surface area contributed by atoms with E-state index in [0.29, 0.717) is 25.3 Å². The van der Waals surface area contributed by atoms with Gasteiger partial charge in [-0.1, -0.05) is 26.2 Å². The van der Waals surface area contributed by atoms with Crippen molar-refractivity contribution in [1.82, 2.24) is 10.2 Å². The lowest BCUT2D eigenvalue weighted by Crippen LogP contribution is -2.55. The third kappa shape index (κ3) is 3.88. The Morgan fingerprint density at radius 2 is 2.21 bits per heavy atom. The number of nitrogens with one attached hydrogen (secondary N) is 1. The van der Waals surface area contributed by atoms with Gasteiger partial charge in [0.15, 0.2) is 0 Å². The monoisotopic (exact) mass is 266 g/mol. The van der Waals surface area contributed by atoms with Gasteiger partial charge in [-0.15, -0.1) is 6.42 Å². The molecule has 19 heavy (non-hydrogen) atoms. The Bertz CT molecular complexity index is 375. The summed E-state index contributed by atoms with van der Waals surface area (Å²) in [4.78, 5) is 24.8. The fourth-order valence-electron chi connectivity index (χ4n) is 2.38. The van der Waals surface area contributed by atoms with E-state index in [1.54, 1.807) is 0 Å². The minimum atomic E-state index is -0.943. The zero-order valence-corrected chi connectivity index (χ0v) is 11.6. The van der Waals surface area contributed by atoms with Crippen LogP contribution in [0.15, 0.2) is 0 Å². The molecule has 0 aromatic rings. The normalized spacial score (nSPS) is 24.4. The second kappa shape index (κ2) is 7.03. The van der Waals surface area contributed by atoms with Gasteiger partial charge in [0.05, 0.1) is 6.04 Å². The van der Waals surface area contributed by atoms with Crippen molar-refractivity contribution in [3.05, 3.63) is 0 Å². The quantitative estimate of drug-likeness (QED) is 0.761. The molecule has 1 aliphatic rings. The van der Waals surface area contributed by atoms with Crippen LogP contribution in [-0.2, 0) is 4.79 Å². The summed E-state index contributed by atoms with van der Waals surface area (Å²) in [5, 5.41) is 11.9. The Hall–Kier alpha value is -1.70. The Kier molecular flexibility index (Phi) is 5.68. The molecule has 0 spiro atoms. The molecule has 5 nitrogen and oxygen atoms in total. The molecule has 2 N–H and O–H groups in total. The van der Waals surface area contributed by atoms with Crippen LogP contribution in [0.25, 0.3) is 0 Å². The van der Waals surface area contributed by atoms with Crippen molar-refractivity contribution < 1.29 is 14.7 Å². The van der Waals surface area contributed by atoms with Crippen LogP contribution in [0.3, 0.4) is 0 Å². The van der Waals surface area contributed by atoms with Crippen LogP contribution in [0.4, 0.5) is 4.79 Å². The van der Waals surface area contributed by atoms with Crippen molar-refractivity contribution >= 4 is 12.0 Å². The number of carbonyl (C=O) groups is 2. The molecule has 3 atom stereocenters. The summed E-state index contributed by atoms with van der Waals surface area (Å²) in [6, 6.07) is -1.45. The first kappa shape index (κ1) is 15.4. The van der Waals surface area contributed by atoms with Crippen molar-refractivity contribution in [2.75, 3.05) is 6.54 Å². The van der Waals surface area contributed by atoms with Gasteiger partial charge >= 0.3 is 12.0 Å². The maximum atomic E-state index is 12.1. The van der Waals surface area contributed by atoms with Gasteiger partial charge in [-0.05, 0) is 25.2 Å². The molecule has 1 rings (SSSR count). The molecule has 1 fully saturated rings. The molecule has 5 heteroatoms. The minimum Gasteiger partial charge on any atom is -0.480 e. The molecule has 2 amide bonds. The lowest BCUT2D eigenvalue weighted by atomic mass is 9.89. The molecule has 0 bridgehead atoms. The van der Waals surface area contributed by atoms with Crippen LogP contribution in [0, 0.1) is 18.3 Å². The van der Waals surface area contributed by atoms with E-state index in [1.807, 2.05) is 13.8 Å². The number of hydrogen-bond donors (Lipinski definition) is 2. The first-order valence-electron chi connectivity index (χ1n) is 6.79. The van der Waals surface area contributed by atoms with Gasteiger partial charge in [-0.25, -0.2) is 9.59 Å². The van der Waals surface area contributed by atoms with Crippen molar-refractivity contribution in [3.63, 3.8) is 0 Å². The summed E-state index contributed by atoms with van der Waals surface area (Å²) in [6.45, 7) is 4.40. The third-order valence-corrected chi connectivity index (χ3v) is 3.74. The Morgan fingerprint density at radius 3 is 2.68 bits per heavy atom. The van der Waals surface area contributed by atoms with Crippen molar-refractivity contribution in [1.29, 1.82) is 0 Å². The summed E-state index contributed by atoms with van der Waals surface area (Å²) < 4.78 is 0. The second-order valence-corrected chi connectivity index (χ2v) is 4.92. The van der Waals surface area contributed by atoms with Gasteiger partial charge in [0.2, 0.25) is 0 Å². The highest BCUT2D eigenvalue weighted by Crippen LogP contribution is 2.25. The molecule has 1 saturated heterocycles. The molecule has 0 saturated carbocycles. The second-order valence-electron chi connectivity index (χ2n) is 4.92. The molecule has 0 aromatic heterocycles. The van der Waals surface area contributed by atoms with Gasteiger partial charge in [0, 0.05) is 6.54 Å². The maximum absolute atomic E-state index is 12.1. The molecule has 106 valence electrons. The first-order chi connectivity index (χ1) is 9.03. The van der Waals surface area contributed by atoms with Gasteiger partial charge in [0.25, 0.3) is 0 Å². The van der Waals surface area contributed by atoms with Crippen LogP contribution < -0.4 is 5.32 Å². The fraction of sp³-hybridized carbons (Fsp3) is 0.714. The molecular formula is C14H22N2O3. The smallest absolute Gasteiger partial charge is 0.326 e. The predicted molar refractivity (Wildman–Crippen MR) is 72.6 cm³/mol. The number of terminal acetylenes is 1. The SMILES string of the molecule is C#CC(CC)NC(=O)N1CCC(CC)CC1C(=O)O. The summed E-state index contributed by atoms with van der Waals surface area (Å²) in [7, 11) is 0. The molecule has 0 aromatic carbocycles. The summed E-state index contributed by atoms with van der Waals surface area (Å²) in [5.41, 5.74) is 0. The summed E-state index contributed by atoms with van der Waals surface area (Å²) >= 11 is 0. The number of likely N-dealkylation sites (tertiary alicyclic amines) is 1. The number of carboxylic acid groups (broad SMARTS) is 1. The van der Waals surface area contributed by atoms with Gasteiger partial charge in [0.1, 0.15) is 6.04 Å². The predicted octanol–water partition coefficient (Wildman–Crippen LogP) is 1.68. The lowest BCUT2D eigenvalue weighted by molar-refractivity contribution is -0.144. The van der Waals surface area contributed by atoms with Crippen LogP contribution in [0.5, 0.6) is 0 Å². The van der Waals surface area contributed by atoms with E-state index in [9.17, 15) is 14.7 Å². The van der Waals surface area contributed by atoms with E-state index in [1.165, 1.54) is 4.90 Å². The number of rotatable bonds is 4. The Balaban J connectivity index is 2.72. The number of nitrogens with zero attached hydrogens (tertiary/aromatic N) is 1. The highest BCUT2D eigenvalue weighted by atomic mass is 16.4. The fourth-order valence-corrected chi connectivity index (χ4v) is 2.38. The van der Waals surface area contributed by atoms with Crippen LogP contribution in [0.2, 0.25) is 0 Å². The number of amides is 2. The Labute approximate surface area is 114 Å². The van der Waals surface area contributed by atoms with Crippen LogP contribution >= 0.6 is 0 Å². The van der Waals surface area contributed by atoms with E-state index in [0.717, 1.165) is 12.8 Å². The third-order valence-electron chi connectivity index (χ3n) is 3.74.